The number of halogens is 3. The molecule has 0 saturated heterocycles. The van der Waals surface area contributed by atoms with Gasteiger partial charge in [-0.25, -0.2) is 23.7 Å². The molecule has 5 rings (SSSR count). The Morgan fingerprint density at radius 2 is 1.87 bits per heavy atom. The van der Waals surface area contributed by atoms with Crippen LogP contribution in [0.2, 0.25) is 5.02 Å². The molecule has 2 N–H and O–H groups in total. The molecule has 10 heteroatoms. The Morgan fingerprint density at radius 1 is 1.06 bits per heavy atom. The molecule has 0 aliphatic rings. The van der Waals surface area contributed by atoms with E-state index >= 15 is 0 Å². The van der Waals surface area contributed by atoms with Gasteiger partial charge in [0.2, 0.25) is 0 Å². The molecule has 3 heterocycles. The minimum atomic E-state index is -0.691. The van der Waals surface area contributed by atoms with Gasteiger partial charge < -0.3 is 10.3 Å². The van der Waals surface area contributed by atoms with Gasteiger partial charge in [-0.3, -0.25) is 0 Å². The van der Waals surface area contributed by atoms with Crippen LogP contribution in [0.5, 0.6) is 0 Å². The summed E-state index contributed by atoms with van der Waals surface area (Å²) >= 11 is 6.52. The van der Waals surface area contributed by atoms with E-state index in [1.807, 2.05) is 6.92 Å². The van der Waals surface area contributed by atoms with E-state index in [-0.39, 0.29) is 6.04 Å². The van der Waals surface area contributed by atoms with Crippen molar-refractivity contribution in [1.82, 2.24) is 30.1 Å². The van der Waals surface area contributed by atoms with Crippen LogP contribution in [0.25, 0.3) is 33.2 Å². The quantitative estimate of drug-likeness (QED) is 0.408. The van der Waals surface area contributed by atoms with Gasteiger partial charge in [0.1, 0.15) is 29.0 Å². The molecular weight excluding hydrogens is 424 g/mol. The number of fused-ring (bicyclic) bond motifs is 2. The fourth-order valence-electron chi connectivity index (χ4n) is 3.63. The van der Waals surface area contributed by atoms with Crippen molar-refractivity contribution >= 4 is 39.5 Å². The average molecular weight is 438 g/mol. The van der Waals surface area contributed by atoms with Gasteiger partial charge in [-0.1, -0.05) is 11.6 Å². The molecule has 1 atom stereocenters. The summed E-state index contributed by atoms with van der Waals surface area (Å²) in [6.07, 6.45) is 4.44. The third-order valence-corrected chi connectivity index (χ3v) is 5.29. The molecule has 0 radical (unpaired) electrons. The lowest BCUT2D eigenvalue weighted by Crippen LogP contribution is -2.11. The molecule has 0 saturated carbocycles. The van der Waals surface area contributed by atoms with E-state index in [4.69, 9.17) is 11.6 Å². The number of benzene rings is 2. The maximum absolute atomic E-state index is 14.1. The van der Waals surface area contributed by atoms with E-state index in [9.17, 15) is 8.78 Å². The molecule has 154 valence electrons. The summed E-state index contributed by atoms with van der Waals surface area (Å²) in [7, 11) is 0. The molecule has 0 spiro atoms. The van der Waals surface area contributed by atoms with Gasteiger partial charge in [0.05, 0.1) is 23.6 Å². The summed E-state index contributed by atoms with van der Waals surface area (Å²) in [4.78, 5) is 15.5. The Hall–Kier alpha value is -3.72. The van der Waals surface area contributed by atoms with Gasteiger partial charge in [-0.15, -0.1) is 5.10 Å². The molecule has 5 aromatic rings. The van der Waals surface area contributed by atoms with Crippen molar-refractivity contribution in [2.45, 2.75) is 13.0 Å². The molecule has 0 bridgehead atoms. The molecule has 3 aromatic heterocycles. The summed E-state index contributed by atoms with van der Waals surface area (Å²) in [5.74, 6) is -0.853. The van der Waals surface area contributed by atoms with Crippen LogP contribution < -0.4 is 5.32 Å². The highest BCUT2D eigenvalue weighted by atomic mass is 35.5. The zero-order valence-electron chi connectivity index (χ0n) is 16.1. The zero-order valence-corrected chi connectivity index (χ0v) is 16.8. The molecule has 2 aromatic carbocycles. The number of nitrogens with one attached hydrogen (secondary N) is 2. The standard InChI is InChI=1S/C21H14ClF2N7/c1-10(30-21-19-20(26-8-25-19)27-9-28-21)15-7-16(22)14-2-3-29-31-18(14)17(15)11-4-12(23)6-13(24)5-11/h2-10H,1H3,(H2,25,26,27,28,30). The minimum Gasteiger partial charge on any atom is -0.362 e. The molecule has 1 unspecified atom stereocenters. The number of hydrogen-bond acceptors (Lipinski definition) is 6. The van der Waals surface area contributed by atoms with E-state index in [2.05, 4.69) is 35.5 Å². The van der Waals surface area contributed by atoms with Crippen LogP contribution in [0, 0.1) is 11.6 Å². The highest BCUT2D eigenvalue weighted by molar-refractivity contribution is 6.36. The van der Waals surface area contributed by atoms with Crippen molar-refractivity contribution in [2.75, 3.05) is 5.32 Å². The minimum absolute atomic E-state index is 0.331. The third-order valence-electron chi connectivity index (χ3n) is 4.98. The van der Waals surface area contributed by atoms with Crippen molar-refractivity contribution in [3.8, 4) is 11.1 Å². The molecule has 0 fully saturated rings. The van der Waals surface area contributed by atoms with Crippen LogP contribution in [0.1, 0.15) is 18.5 Å². The lowest BCUT2D eigenvalue weighted by Gasteiger charge is -2.21. The summed E-state index contributed by atoms with van der Waals surface area (Å²) in [6, 6.07) is 6.44. The summed E-state index contributed by atoms with van der Waals surface area (Å²) < 4.78 is 28.1. The first-order chi connectivity index (χ1) is 15.0. The first kappa shape index (κ1) is 19.3. The van der Waals surface area contributed by atoms with Crippen LogP contribution in [-0.2, 0) is 0 Å². The average Bonchev–Trinajstić information content (AvgIpc) is 3.23. The largest absolute Gasteiger partial charge is 0.362 e. The fourth-order valence-corrected chi connectivity index (χ4v) is 3.90. The lowest BCUT2D eigenvalue weighted by atomic mass is 9.92. The van der Waals surface area contributed by atoms with Crippen molar-refractivity contribution in [3.63, 3.8) is 0 Å². The van der Waals surface area contributed by atoms with Gasteiger partial charge in [-0.2, -0.15) is 5.10 Å². The van der Waals surface area contributed by atoms with Gasteiger partial charge in [0.15, 0.2) is 11.5 Å². The van der Waals surface area contributed by atoms with E-state index in [0.29, 0.717) is 49.6 Å². The second kappa shape index (κ2) is 7.51. The van der Waals surface area contributed by atoms with Crippen LogP contribution >= 0.6 is 11.6 Å². The van der Waals surface area contributed by atoms with E-state index in [1.54, 1.807) is 12.1 Å². The fraction of sp³-hybridized carbons (Fsp3) is 0.0952. The van der Waals surface area contributed by atoms with Gasteiger partial charge in [0.25, 0.3) is 0 Å². The lowest BCUT2D eigenvalue weighted by molar-refractivity contribution is 0.584. The van der Waals surface area contributed by atoms with Crippen molar-refractivity contribution in [1.29, 1.82) is 0 Å². The molecule has 7 nitrogen and oxygen atoms in total. The molecule has 31 heavy (non-hydrogen) atoms. The van der Waals surface area contributed by atoms with E-state index in [0.717, 1.165) is 6.07 Å². The Kier molecular flexibility index (Phi) is 4.67. The first-order valence-electron chi connectivity index (χ1n) is 9.32. The Labute approximate surface area is 179 Å². The summed E-state index contributed by atoms with van der Waals surface area (Å²) in [5.41, 5.74) is 3.13. The number of H-pyrrole nitrogens is 1. The maximum Gasteiger partial charge on any atom is 0.182 e. The van der Waals surface area contributed by atoms with Gasteiger partial charge in [-0.05, 0) is 42.3 Å². The number of nitrogens with zero attached hydrogens (tertiary/aromatic N) is 5. The topological polar surface area (TPSA) is 92.3 Å². The van der Waals surface area contributed by atoms with E-state index in [1.165, 1.54) is 31.0 Å². The Bertz CT molecular complexity index is 1420. The monoisotopic (exact) mass is 437 g/mol. The third kappa shape index (κ3) is 3.42. The first-order valence-corrected chi connectivity index (χ1v) is 9.70. The molecule has 0 amide bonds. The molecule has 0 aliphatic carbocycles. The summed E-state index contributed by atoms with van der Waals surface area (Å²) in [6.45, 7) is 1.89. The van der Waals surface area contributed by atoms with Crippen LogP contribution in [-0.4, -0.2) is 30.1 Å². The zero-order chi connectivity index (χ0) is 21.5. The second-order valence-electron chi connectivity index (χ2n) is 6.96. The second-order valence-corrected chi connectivity index (χ2v) is 7.37. The predicted octanol–water partition coefficient (Wildman–Crippen LogP) is 5.07. The van der Waals surface area contributed by atoms with Crippen LogP contribution in [0.15, 0.2) is 49.2 Å². The smallest absolute Gasteiger partial charge is 0.182 e. The predicted molar refractivity (Wildman–Crippen MR) is 114 cm³/mol. The van der Waals surface area contributed by atoms with Crippen molar-refractivity contribution < 1.29 is 8.78 Å². The van der Waals surface area contributed by atoms with Crippen LogP contribution in [0.3, 0.4) is 0 Å². The summed E-state index contributed by atoms with van der Waals surface area (Å²) in [5, 5.41) is 12.6. The number of anilines is 1. The molecule has 0 aliphatic heterocycles. The highest BCUT2D eigenvalue weighted by Crippen LogP contribution is 2.39. The number of imidazole rings is 1. The SMILES string of the molecule is CC(Nc1ncnc2nc[nH]c12)c1cc(Cl)c2ccnnc2c1-c1cc(F)cc(F)c1. The number of aromatic nitrogens is 6. The van der Waals surface area contributed by atoms with Crippen LogP contribution in [0.4, 0.5) is 14.6 Å². The van der Waals surface area contributed by atoms with Crippen molar-refractivity contribution in [3.05, 3.63) is 71.4 Å². The Balaban J connectivity index is 1.71. The molecular formula is C21H14ClF2N7. The van der Waals surface area contributed by atoms with Crippen molar-refractivity contribution in [2.24, 2.45) is 0 Å². The van der Waals surface area contributed by atoms with E-state index < -0.39 is 11.6 Å². The number of aromatic amines is 1. The Morgan fingerprint density at radius 3 is 2.68 bits per heavy atom. The number of rotatable bonds is 4. The normalized spacial score (nSPS) is 12.4. The maximum atomic E-state index is 14.1. The highest BCUT2D eigenvalue weighted by Gasteiger charge is 2.21. The number of hydrogen-bond donors (Lipinski definition) is 2. The van der Waals surface area contributed by atoms with Gasteiger partial charge >= 0.3 is 0 Å². The van der Waals surface area contributed by atoms with Gasteiger partial charge in [0, 0.05) is 17.0 Å².